The molecule has 2 aromatic heterocycles. The number of aliphatic hydroxyl groups excluding tert-OH is 2. The molecule has 0 aliphatic carbocycles. The van der Waals surface area contributed by atoms with Gasteiger partial charge in [0.1, 0.15) is 5.75 Å². The van der Waals surface area contributed by atoms with Crippen molar-refractivity contribution in [3.8, 4) is 5.75 Å². The molecule has 1 aromatic carbocycles. The van der Waals surface area contributed by atoms with Crippen molar-refractivity contribution in [2.45, 2.75) is 45.4 Å². The highest BCUT2D eigenvalue weighted by Gasteiger charge is 2.33. The first-order valence-corrected chi connectivity index (χ1v) is 12.4. The van der Waals surface area contributed by atoms with Crippen LogP contribution in [0.25, 0.3) is 5.57 Å². The summed E-state index contributed by atoms with van der Waals surface area (Å²) in [4.78, 5) is 10.3. The fourth-order valence-corrected chi connectivity index (χ4v) is 5.63. The summed E-state index contributed by atoms with van der Waals surface area (Å²) >= 11 is 8.03. The molecule has 3 N–H and O–H groups in total. The Balaban J connectivity index is 1.70. The lowest BCUT2D eigenvalue weighted by Gasteiger charge is -2.14. The molecule has 0 saturated carbocycles. The van der Waals surface area contributed by atoms with Gasteiger partial charge in [-0.15, -0.1) is 11.3 Å². The molecule has 1 aliphatic heterocycles. The first-order chi connectivity index (χ1) is 16.5. The number of oxazole rings is 1. The van der Waals surface area contributed by atoms with Gasteiger partial charge in [0.15, 0.2) is 18.3 Å². The molecule has 0 amide bonds. The Morgan fingerprint density at radius 1 is 1.44 bits per heavy atom. The molecule has 0 radical (unpaired) electrons. The number of thiophene rings is 1. The summed E-state index contributed by atoms with van der Waals surface area (Å²) in [5.41, 5.74) is 4.23. The predicted molar refractivity (Wildman–Crippen MR) is 135 cm³/mol. The van der Waals surface area contributed by atoms with Crippen LogP contribution in [0.4, 0.5) is 5.69 Å². The zero-order valence-corrected chi connectivity index (χ0v) is 20.7. The fourth-order valence-electron chi connectivity index (χ4n) is 4.11. The van der Waals surface area contributed by atoms with Crippen molar-refractivity contribution in [2.24, 2.45) is 4.99 Å². The van der Waals surface area contributed by atoms with Gasteiger partial charge < -0.3 is 24.7 Å². The van der Waals surface area contributed by atoms with Crippen LogP contribution in [0.15, 0.2) is 40.1 Å². The summed E-state index contributed by atoms with van der Waals surface area (Å²) in [6, 6.07) is 5.70. The quantitative estimate of drug-likeness (QED) is 0.255. The average molecular weight is 502 g/mol. The molecule has 0 spiro atoms. The molecule has 2 unspecified atom stereocenters. The summed E-state index contributed by atoms with van der Waals surface area (Å²) < 4.78 is 12.1. The fraction of sp³-hybridized carbons (Fsp3) is 0.360. The molecular formula is C25H28ClN3O4S. The van der Waals surface area contributed by atoms with Crippen LogP contribution in [0.3, 0.4) is 0 Å². The lowest BCUT2D eigenvalue weighted by atomic mass is 9.98. The molecule has 9 heteroatoms. The van der Waals surface area contributed by atoms with Crippen molar-refractivity contribution < 1.29 is 19.4 Å². The second-order valence-electron chi connectivity index (χ2n) is 7.96. The Morgan fingerprint density at radius 2 is 2.26 bits per heavy atom. The van der Waals surface area contributed by atoms with Crippen molar-refractivity contribution in [3.63, 3.8) is 0 Å². The second kappa shape index (κ2) is 10.8. The summed E-state index contributed by atoms with van der Waals surface area (Å²) in [5.74, 6) is 1.40. The average Bonchev–Trinajstić information content (AvgIpc) is 3.57. The number of hydrogen-bond donors (Lipinski definition) is 3. The van der Waals surface area contributed by atoms with E-state index >= 15 is 0 Å². The molecule has 7 nitrogen and oxygen atoms in total. The molecule has 1 aliphatic rings. The minimum absolute atomic E-state index is 0.0494. The van der Waals surface area contributed by atoms with E-state index in [0.717, 1.165) is 43.6 Å². The van der Waals surface area contributed by atoms with E-state index in [9.17, 15) is 5.11 Å². The number of rotatable bonds is 10. The molecule has 0 fully saturated rings. The molecule has 3 aromatic rings. The van der Waals surface area contributed by atoms with Gasteiger partial charge in [-0.3, -0.25) is 4.99 Å². The number of allylic oxidation sites excluding steroid dienone is 1. The van der Waals surface area contributed by atoms with Crippen molar-refractivity contribution in [3.05, 3.63) is 68.0 Å². The topological polar surface area (TPSA) is 100 Å². The van der Waals surface area contributed by atoms with E-state index in [1.54, 1.807) is 0 Å². The van der Waals surface area contributed by atoms with Gasteiger partial charge in [-0.05, 0) is 38.3 Å². The maximum absolute atomic E-state index is 10.4. The Morgan fingerprint density at radius 3 is 2.97 bits per heavy atom. The highest BCUT2D eigenvalue weighted by Crippen LogP contribution is 2.48. The van der Waals surface area contributed by atoms with E-state index in [1.165, 1.54) is 17.7 Å². The van der Waals surface area contributed by atoms with Gasteiger partial charge in [-0.1, -0.05) is 24.6 Å². The van der Waals surface area contributed by atoms with Crippen molar-refractivity contribution in [2.75, 3.05) is 13.2 Å². The van der Waals surface area contributed by atoms with Gasteiger partial charge in [0.2, 0.25) is 0 Å². The van der Waals surface area contributed by atoms with Crippen molar-refractivity contribution >= 4 is 40.9 Å². The molecule has 2 atom stereocenters. The van der Waals surface area contributed by atoms with Crippen LogP contribution < -0.4 is 10.1 Å². The number of benzene rings is 1. The van der Waals surface area contributed by atoms with Crippen molar-refractivity contribution in [1.82, 2.24) is 10.3 Å². The van der Waals surface area contributed by atoms with Crippen LogP contribution >= 0.6 is 22.9 Å². The molecular weight excluding hydrogens is 474 g/mol. The summed E-state index contributed by atoms with van der Waals surface area (Å²) in [6.07, 6.45) is 3.75. The number of aliphatic imine (C=N–C) groups is 1. The number of hydrogen-bond acceptors (Lipinski definition) is 8. The van der Waals surface area contributed by atoms with Gasteiger partial charge >= 0.3 is 0 Å². The minimum atomic E-state index is -0.549. The first-order valence-electron chi connectivity index (χ1n) is 11.2. The van der Waals surface area contributed by atoms with E-state index in [4.69, 9.17) is 25.9 Å². The standard InChI is InChI=1S/C25H28ClN3O4S/c1-4-16(25-18(27-3)11-22(34-25)20(31)5-2)17-10-15(26)8-14-9-21(33-23(14)17)24-19(29-13-32-24)12-28-6-7-30/h4,8,10-11,13,20-21,28,30-31H,3,5-7,9,12H2,1-2H3/b16-4-. The van der Waals surface area contributed by atoms with E-state index in [2.05, 4.69) is 22.0 Å². The highest BCUT2D eigenvalue weighted by molar-refractivity contribution is 7.13. The number of nitrogens with zero attached hydrogens (tertiary/aromatic N) is 2. The van der Waals surface area contributed by atoms with Gasteiger partial charge in [0.25, 0.3) is 0 Å². The number of halogens is 1. The van der Waals surface area contributed by atoms with E-state index in [0.29, 0.717) is 36.7 Å². The summed E-state index contributed by atoms with van der Waals surface area (Å²) in [6.45, 7) is 8.62. The van der Waals surface area contributed by atoms with E-state index in [1.807, 2.05) is 38.1 Å². The summed E-state index contributed by atoms with van der Waals surface area (Å²) in [5, 5.41) is 23.1. The highest BCUT2D eigenvalue weighted by atomic mass is 35.5. The van der Waals surface area contributed by atoms with Gasteiger partial charge in [-0.25, -0.2) is 4.98 Å². The zero-order chi connectivity index (χ0) is 24.2. The van der Waals surface area contributed by atoms with Crippen LogP contribution in [-0.2, 0) is 13.0 Å². The van der Waals surface area contributed by atoms with Gasteiger partial charge in [0.05, 0.1) is 29.0 Å². The van der Waals surface area contributed by atoms with E-state index < -0.39 is 6.10 Å². The Bertz CT molecular complexity index is 1200. The Hall–Kier alpha value is -2.49. The molecule has 180 valence electrons. The van der Waals surface area contributed by atoms with Crippen LogP contribution in [0.2, 0.25) is 5.02 Å². The number of aliphatic hydroxyl groups is 2. The van der Waals surface area contributed by atoms with Crippen LogP contribution in [-0.4, -0.2) is 35.1 Å². The van der Waals surface area contributed by atoms with Gasteiger partial charge in [-0.2, -0.15) is 0 Å². The Kier molecular flexibility index (Phi) is 7.85. The van der Waals surface area contributed by atoms with Gasteiger partial charge in [0, 0.05) is 46.1 Å². The lowest BCUT2D eigenvalue weighted by Crippen LogP contribution is -2.19. The predicted octanol–water partition coefficient (Wildman–Crippen LogP) is 5.37. The molecule has 0 bridgehead atoms. The second-order valence-corrected chi connectivity index (χ2v) is 9.48. The third-order valence-corrected chi connectivity index (χ3v) is 7.26. The van der Waals surface area contributed by atoms with Crippen molar-refractivity contribution in [1.29, 1.82) is 0 Å². The number of ether oxygens (including phenoxy) is 1. The SMILES string of the molecule is C=Nc1cc(C(O)CC)sc1/C(=C\C)c1cc(Cl)cc2c1OC(c1ocnc1CNCCO)C2. The number of aromatic nitrogens is 1. The minimum Gasteiger partial charge on any atom is -0.481 e. The first kappa shape index (κ1) is 24.6. The largest absolute Gasteiger partial charge is 0.481 e. The monoisotopic (exact) mass is 501 g/mol. The Labute approximate surface area is 207 Å². The summed E-state index contributed by atoms with van der Waals surface area (Å²) in [7, 11) is 0. The normalized spacial score (nSPS) is 16.4. The molecule has 34 heavy (non-hydrogen) atoms. The van der Waals surface area contributed by atoms with Crippen LogP contribution in [0.5, 0.6) is 5.75 Å². The molecule has 3 heterocycles. The maximum atomic E-state index is 10.4. The smallest absolute Gasteiger partial charge is 0.181 e. The molecule has 4 rings (SSSR count). The maximum Gasteiger partial charge on any atom is 0.181 e. The third kappa shape index (κ3) is 4.82. The lowest BCUT2D eigenvalue weighted by molar-refractivity contribution is 0.177. The molecule has 0 saturated heterocycles. The van der Waals surface area contributed by atoms with E-state index in [-0.39, 0.29) is 12.7 Å². The van der Waals surface area contributed by atoms with Crippen LogP contribution in [0.1, 0.15) is 64.8 Å². The zero-order valence-electron chi connectivity index (χ0n) is 19.2. The number of nitrogens with one attached hydrogen (secondary N) is 1. The third-order valence-electron chi connectivity index (χ3n) is 5.78. The van der Waals surface area contributed by atoms with Crippen LogP contribution in [0, 0.1) is 0 Å². The number of fused-ring (bicyclic) bond motifs is 1.